The number of halogens is 1. The van der Waals surface area contributed by atoms with Gasteiger partial charge < -0.3 is 0 Å². The lowest BCUT2D eigenvalue weighted by Gasteiger charge is -2.04. The first-order valence-corrected chi connectivity index (χ1v) is 5.64. The Kier molecular flexibility index (Phi) is 2.92. The second-order valence-electron chi connectivity index (χ2n) is 3.87. The fraction of sp³-hybridized carbons (Fsp3) is 0.308. The van der Waals surface area contributed by atoms with E-state index in [1.807, 2.05) is 13.0 Å². The summed E-state index contributed by atoms with van der Waals surface area (Å²) in [7, 11) is 0. The predicted molar refractivity (Wildman–Crippen MR) is 65.5 cm³/mol. The lowest BCUT2D eigenvalue weighted by Crippen LogP contribution is -1.87. The average Bonchev–Trinajstić information content (AvgIpc) is 2.21. The summed E-state index contributed by atoms with van der Waals surface area (Å²) < 4.78 is 0. The monoisotopic (exact) mass is 219 g/mol. The fourth-order valence-corrected chi connectivity index (χ4v) is 1.90. The van der Waals surface area contributed by atoms with Gasteiger partial charge >= 0.3 is 0 Å². The van der Waals surface area contributed by atoms with Gasteiger partial charge in [-0.15, -0.1) is 0 Å². The lowest BCUT2D eigenvalue weighted by molar-refractivity contribution is 0.923. The van der Waals surface area contributed by atoms with Crippen molar-refractivity contribution in [3.63, 3.8) is 0 Å². The Balaban J connectivity index is 2.56. The molecule has 1 nitrogen and oxygen atoms in total. The maximum atomic E-state index is 5.98. The van der Waals surface area contributed by atoms with Crippen molar-refractivity contribution in [1.29, 1.82) is 0 Å². The number of hydrogen-bond donors (Lipinski definition) is 0. The molecule has 0 bridgehead atoms. The van der Waals surface area contributed by atoms with Crippen molar-refractivity contribution in [1.82, 2.24) is 4.98 Å². The Hall–Kier alpha value is -1.08. The number of aryl methyl sites for hydroxylation is 2. The van der Waals surface area contributed by atoms with E-state index in [1.54, 1.807) is 0 Å². The van der Waals surface area contributed by atoms with Gasteiger partial charge in [-0.3, -0.25) is 0 Å². The summed E-state index contributed by atoms with van der Waals surface area (Å²) in [4.78, 5) is 4.34. The minimum absolute atomic E-state index is 0.603. The molecule has 0 atom stereocenters. The third kappa shape index (κ3) is 2.13. The zero-order valence-corrected chi connectivity index (χ0v) is 9.80. The number of fused-ring (bicyclic) bond motifs is 1. The topological polar surface area (TPSA) is 12.9 Å². The molecule has 0 spiro atoms. The highest BCUT2D eigenvalue weighted by Crippen LogP contribution is 2.21. The number of hydrogen-bond acceptors (Lipinski definition) is 1. The predicted octanol–water partition coefficient (Wildman–Crippen LogP) is 4.15. The van der Waals surface area contributed by atoms with Crippen molar-refractivity contribution in [3.05, 3.63) is 40.5 Å². The molecule has 0 N–H and O–H groups in total. The highest BCUT2D eigenvalue weighted by atomic mass is 35.5. The van der Waals surface area contributed by atoms with Gasteiger partial charge in [0.1, 0.15) is 5.15 Å². The number of benzene rings is 1. The zero-order valence-electron chi connectivity index (χ0n) is 9.05. The molecule has 0 saturated carbocycles. The molecule has 2 aromatic rings. The molecule has 0 fully saturated rings. The first-order chi connectivity index (χ1) is 7.20. The van der Waals surface area contributed by atoms with Gasteiger partial charge in [0.15, 0.2) is 0 Å². The average molecular weight is 220 g/mol. The van der Waals surface area contributed by atoms with Crippen LogP contribution in [-0.2, 0) is 6.42 Å². The number of rotatable bonds is 2. The molecule has 0 aliphatic carbocycles. The van der Waals surface area contributed by atoms with Gasteiger partial charge in [-0.25, -0.2) is 4.98 Å². The molecule has 1 aromatic carbocycles. The molecule has 1 heterocycles. The Morgan fingerprint density at radius 1 is 1.27 bits per heavy atom. The summed E-state index contributed by atoms with van der Waals surface area (Å²) in [5.41, 5.74) is 3.39. The highest BCUT2D eigenvalue weighted by Gasteiger charge is 2.01. The van der Waals surface area contributed by atoms with Crippen LogP contribution in [0.2, 0.25) is 5.15 Å². The lowest BCUT2D eigenvalue weighted by atomic mass is 10.1. The molecular formula is C13H14ClN. The molecule has 1 aromatic heterocycles. The molecule has 78 valence electrons. The van der Waals surface area contributed by atoms with E-state index in [0.717, 1.165) is 17.5 Å². The molecule has 0 aliphatic heterocycles. The number of aromatic nitrogens is 1. The molecule has 0 saturated heterocycles. The van der Waals surface area contributed by atoms with E-state index in [-0.39, 0.29) is 0 Å². The van der Waals surface area contributed by atoms with E-state index in [9.17, 15) is 0 Å². The third-order valence-corrected chi connectivity index (χ3v) is 2.93. The van der Waals surface area contributed by atoms with Gasteiger partial charge in [0.2, 0.25) is 0 Å². The summed E-state index contributed by atoms with van der Waals surface area (Å²) >= 11 is 5.98. The van der Waals surface area contributed by atoms with E-state index in [4.69, 9.17) is 11.6 Å². The molecule has 2 heteroatoms. The van der Waals surface area contributed by atoms with E-state index in [1.165, 1.54) is 17.4 Å². The van der Waals surface area contributed by atoms with Gasteiger partial charge in [0.25, 0.3) is 0 Å². The summed E-state index contributed by atoms with van der Waals surface area (Å²) in [5, 5.41) is 1.79. The first-order valence-electron chi connectivity index (χ1n) is 5.26. The summed E-state index contributed by atoms with van der Waals surface area (Å²) in [6.07, 6.45) is 2.29. The van der Waals surface area contributed by atoms with E-state index in [0.29, 0.717) is 5.15 Å². The van der Waals surface area contributed by atoms with Crippen LogP contribution in [0.15, 0.2) is 24.3 Å². The van der Waals surface area contributed by atoms with E-state index >= 15 is 0 Å². The minimum Gasteiger partial charge on any atom is -0.236 e. The van der Waals surface area contributed by atoms with E-state index < -0.39 is 0 Å². The third-order valence-electron chi connectivity index (χ3n) is 2.55. The second kappa shape index (κ2) is 4.19. The second-order valence-corrected chi connectivity index (χ2v) is 4.23. The van der Waals surface area contributed by atoms with Crippen LogP contribution in [0.4, 0.5) is 0 Å². The first kappa shape index (κ1) is 10.4. The SMILES string of the molecule is CCCc1ccc2nc(Cl)c(C)cc2c1. The van der Waals surface area contributed by atoms with Crippen molar-refractivity contribution < 1.29 is 0 Å². The fourth-order valence-electron chi connectivity index (χ4n) is 1.75. The number of nitrogens with zero attached hydrogens (tertiary/aromatic N) is 1. The van der Waals surface area contributed by atoms with Crippen molar-refractivity contribution in [3.8, 4) is 0 Å². The van der Waals surface area contributed by atoms with Gasteiger partial charge in [0, 0.05) is 5.39 Å². The molecule has 2 rings (SSSR count). The van der Waals surface area contributed by atoms with E-state index in [2.05, 4.69) is 30.1 Å². The highest BCUT2D eigenvalue weighted by molar-refractivity contribution is 6.30. The van der Waals surface area contributed by atoms with Crippen LogP contribution >= 0.6 is 11.6 Å². The molecule has 15 heavy (non-hydrogen) atoms. The zero-order chi connectivity index (χ0) is 10.8. The van der Waals surface area contributed by atoms with Crippen LogP contribution < -0.4 is 0 Å². The van der Waals surface area contributed by atoms with Gasteiger partial charge in [-0.1, -0.05) is 31.0 Å². The van der Waals surface area contributed by atoms with Gasteiger partial charge in [-0.05, 0) is 42.7 Å². The quantitative estimate of drug-likeness (QED) is 0.692. The Bertz CT molecular complexity index is 491. The van der Waals surface area contributed by atoms with Crippen molar-refractivity contribution in [2.45, 2.75) is 26.7 Å². The van der Waals surface area contributed by atoms with Gasteiger partial charge in [0.05, 0.1) is 5.52 Å². The summed E-state index contributed by atoms with van der Waals surface area (Å²) in [6, 6.07) is 8.48. The van der Waals surface area contributed by atoms with Crippen LogP contribution in [0.1, 0.15) is 24.5 Å². The molecule has 0 unspecified atom stereocenters. The van der Waals surface area contributed by atoms with Crippen LogP contribution in [0.5, 0.6) is 0 Å². The number of pyridine rings is 1. The smallest absolute Gasteiger partial charge is 0.132 e. The van der Waals surface area contributed by atoms with Gasteiger partial charge in [-0.2, -0.15) is 0 Å². The van der Waals surface area contributed by atoms with Crippen LogP contribution in [0, 0.1) is 6.92 Å². The van der Waals surface area contributed by atoms with Crippen LogP contribution in [0.25, 0.3) is 10.9 Å². The van der Waals surface area contributed by atoms with Crippen molar-refractivity contribution >= 4 is 22.5 Å². The van der Waals surface area contributed by atoms with Crippen LogP contribution in [0.3, 0.4) is 0 Å². The molecular weight excluding hydrogens is 206 g/mol. The normalized spacial score (nSPS) is 10.9. The van der Waals surface area contributed by atoms with Crippen molar-refractivity contribution in [2.75, 3.05) is 0 Å². The standard InChI is InChI=1S/C13H14ClN/c1-3-4-10-5-6-12-11(8-10)7-9(2)13(14)15-12/h5-8H,3-4H2,1-2H3. The van der Waals surface area contributed by atoms with Crippen LogP contribution in [-0.4, -0.2) is 4.98 Å². The maximum absolute atomic E-state index is 5.98. The largest absolute Gasteiger partial charge is 0.236 e. The van der Waals surface area contributed by atoms with Crippen molar-refractivity contribution in [2.24, 2.45) is 0 Å². The Morgan fingerprint density at radius 2 is 2.07 bits per heavy atom. The minimum atomic E-state index is 0.603. The molecule has 0 radical (unpaired) electrons. The summed E-state index contributed by atoms with van der Waals surface area (Å²) in [5.74, 6) is 0. The molecule has 0 amide bonds. The molecule has 0 aliphatic rings. The maximum Gasteiger partial charge on any atom is 0.132 e. The Morgan fingerprint density at radius 3 is 2.80 bits per heavy atom. The Labute approximate surface area is 95.1 Å². The summed E-state index contributed by atoms with van der Waals surface area (Å²) in [6.45, 7) is 4.18.